The van der Waals surface area contributed by atoms with E-state index in [2.05, 4.69) is 20.3 Å². The van der Waals surface area contributed by atoms with Gasteiger partial charge in [0.15, 0.2) is 0 Å². The zero-order chi connectivity index (χ0) is 27.7. The van der Waals surface area contributed by atoms with Gasteiger partial charge in [0.1, 0.15) is 24.1 Å². The molecule has 2 unspecified atom stereocenters. The molecule has 9 nitrogen and oxygen atoms in total. The summed E-state index contributed by atoms with van der Waals surface area (Å²) in [6.07, 6.45) is -3.81. The van der Waals surface area contributed by atoms with Crippen molar-refractivity contribution >= 4 is 15.9 Å². The van der Waals surface area contributed by atoms with Crippen LogP contribution in [0.2, 0.25) is 0 Å². The van der Waals surface area contributed by atoms with Crippen molar-refractivity contribution in [2.75, 3.05) is 6.54 Å². The highest BCUT2D eigenvalue weighted by molar-refractivity contribution is 7.89. The molecule has 198 valence electrons. The summed E-state index contributed by atoms with van der Waals surface area (Å²) in [7, 11) is -4.33. The van der Waals surface area contributed by atoms with E-state index in [0.29, 0.717) is 4.31 Å². The van der Waals surface area contributed by atoms with Gasteiger partial charge in [0, 0.05) is 43.7 Å². The number of aromatic nitrogens is 3. The number of hydrogen-bond donors (Lipinski definition) is 1. The molecule has 1 N–H and O–H groups in total. The highest BCUT2D eigenvalue weighted by Gasteiger charge is 2.44. The molecule has 3 heterocycles. The number of benzene rings is 1. The van der Waals surface area contributed by atoms with Crippen LogP contribution in [0.15, 0.2) is 53.8 Å². The van der Waals surface area contributed by atoms with Crippen LogP contribution in [0.25, 0.3) is 11.3 Å². The molecule has 2 atom stereocenters. The number of halogens is 5. The van der Waals surface area contributed by atoms with Gasteiger partial charge in [-0.2, -0.15) is 22.7 Å². The van der Waals surface area contributed by atoms with Crippen LogP contribution in [0.1, 0.15) is 23.4 Å². The zero-order valence-electron chi connectivity index (χ0n) is 19.2. The Morgan fingerprint density at radius 1 is 1.13 bits per heavy atom. The van der Waals surface area contributed by atoms with Crippen molar-refractivity contribution in [1.82, 2.24) is 24.6 Å². The molecule has 38 heavy (non-hydrogen) atoms. The molecule has 1 fully saturated rings. The van der Waals surface area contributed by atoms with Crippen molar-refractivity contribution in [3.05, 3.63) is 71.7 Å². The first-order chi connectivity index (χ1) is 17.9. The van der Waals surface area contributed by atoms with Gasteiger partial charge in [-0.25, -0.2) is 27.2 Å². The maximum Gasteiger partial charge on any atom is 0.451 e. The molecule has 0 aliphatic carbocycles. The molecule has 4 rings (SSSR count). The largest absolute Gasteiger partial charge is 0.451 e. The predicted molar refractivity (Wildman–Crippen MR) is 120 cm³/mol. The normalized spacial score (nSPS) is 18.2. The van der Waals surface area contributed by atoms with Crippen LogP contribution in [0.3, 0.4) is 0 Å². The Kier molecular flexibility index (Phi) is 7.38. The first-order valence-corrected chi connectivity index (χ1v) is 12.3. The van der Waals surface area contributed by atoms with Crippen LogP contribution >= 0.6 is 0 Å². The monoisotopic (exact) mass is 552 g/mol. The molecule has 1 aliphatic heterocycles. The Bertz CT molecular complexity index is 1490. The Labute approximate surface area is 213 Å². The minimum absolute atomic E-state index is 0.0347. The summed E-state index contributed by atoms with van der Waals surface area (Å²) in [6.45, 7) is -0.870. The summed E-state index contributed by atoms with van der Waals surface area (Å²) >= 11 is 0. The molecular formula is C23H17F5N6O3S. The van der Waals surface area contributed by atoms with Crippen LogP contribution in [0, 0.1) is 17.1 Å². The second-order valence-electron chi connectivity index (χ2n) is 8.23. The number of amides is 1. The number of hydrogen-bond acceptors (Lipinski definition) is 7. The summed E-state index contributed by atoms with van der Waals surface area (Å²) in [5.41, 5.74) is 0.482. The van der Waals surface area contributed by atoms with Gasteiger partial charge in [-0.15, -0.1) is 0 Å². The van der Waals surface area contributed by atoms with E-state index in [1.54, 1.807) is 0 Å². The van der Waals surface area contributed by atoms with Crippen molar-refractivity contribution in [3.63, 3.8) is 0 Å². The van der Waals surface area contributed by atoms with E-state index in [4.69, 9.17) is 0 Å². The second kappa shape index (κ2) is 10.4. The number of alkyl halides is 4. The fraction of sp³-hybridized carbons (Fsp3) is 0.261. The average molecular weight is 552 g/mol. The second-order valence-corrected chi connectivity index (χ2v) is 10.1. The van der Waals surface area contributed by atoms with Gasteiger partial charge in [-0.05, 0) is 35.9 Å². The van der Waals surface area contributed by atoms with Gasteiger partial charge in [0.2, 0.25) is 21.8 Å². The highest BCUT2D eigenvalue weighted by Crippen LogP contribution is 2.29. The Morgan fingerprint density at radius 2 is 1.79 bits per heavy atom. The summed E-state index contributed by atoms with van der Waals surface area (Å²) in [4.78, 5) is 23.2. The molecule has 15 heteroatoms. The highest BCUT2D eigenvalue weighted by atomic mass is 32.2. The van der Waals surface area contributed by atoms with Gasteiger partial charge in [-0.3, -0.25) is 9.78 Å². The van der Waals surface area contributed by atoms with Crippen molar-refractivity contribution in [2.45, 2.75) is 36.3 Å². The number of rotatable bonds is 6. The molecule has 1 aliphatic rings. The van der Waals surface area contributed by atoms with E-state index in [1.807, 2.05) is 6.07 Å². The van der Waals surface area contributed by atoms with Gasteiger partial charge >= 0.3 is 6.18 Å². The molecule has 1 aromatic carbocycles. The molecule has 0 bridgehead atoms. The first-order valence-electron chi connectivity index (χ1n) is 10.9. The van der Waals surface area contributed by atoms with Crippen molar-refractivity contribution in [1.29, 1.82) is 5.26 Å². The van der Waals surface area contributed by atoms with Gasteiger partial charge in [-0.1, -0.05) is 0 Å². The predicted octanol–water partition coefficient (Wildman–Crippen LogP) is 2.99. The van der Waals surface area contributed by atoms with Crippen LogP contribution < -0.4 is 5.32 Å². The van der Waals surface area contributed by atoms with Gasteiger partial charge in [0.25, 0.3) is 0 Å². The Hall–Kier alpha value is -4.03. The number of nitrogens with zero attached hydrogens (tertiary/aromatic N) is 5. The number of sulfonamides is 1. The molecule has 0 spiro atoms. The van der Waals surface area contributed by atoms with Crippen molar-refractivity contribution in [2.24, 2.45) is 0 Å². The third kappa shape index (κ3) is 5.60. The number of nitriles is 1. The standard InChI is InChI=1S/C23H17F5N6O3S/c24-16-1-3-18(4-2-16)38(36,37)34-12-17(25)6-20(34)21(35)31-8-13-5-19(30-9-14(13)7-29)15-10-32-22(33-11-15)23(26,27)28/h1-5,9-11,17,20H,6,8,12H2,(H,31,35). The average Bonchev–Trinajstić information content (AvgIpc) is 3.29. The maximum absolute atomic E-state index is 14.2. The quantitative estimate of drug-likeness (QED) is 0.466. The SMILES string of the molecule is N#Cc1cnc(-c2cnc(C(F)(F)F)nc2)cc1CNC(=O)C1CC(F)CN1S(=O)(=O)c1ccc(F)cc1. The van der Waals surface area contributed by atoms with E-state index in [0.717, 1.165) is 42.9 Å². The lowest BCUT2D eigenvalue weighted by atomic mass is 10.1. The Balaban J connectivity index is 1.53. The van der Waals surface area contributed by atoms with E-state index >= 15 is 0 Å². The number of pyridine rings is 1. The smallest absolute Gasteiger partial charge is 0.351 e. The minimum Gasteiger partial charge on any atom is -0.351 e. The lowest BCUT2D eigenvalue weighted by molar-refractivity contribution is -0.145. The van der Waals surface area contributed by atoms with E-state index in [9.17, 15) is 40.4 Å². The third-order valence-corrected chi connectivity index (χ3v) is 7.58. The van der Waals surface area contributed by atoms with Crippen LogP contribution in [-0.4, -0.2) is 52.3 Å². The summed E-state index contributed by atoms with van der Waals surface area (Å²) in [6, 6.07) is 5.67. The number of carbonyl (C=O) groups excluding carboxylic acids is 1. The van der Waals surface area contributed by atoms with E-state index in [1.165, 1.54) is 6.07 Å². The summed E-state index contributed by atoms with van der Waals surface area (Å²) in [5, 5.41) is 11.9. The van der Waals surface area contributed by atoms with Crippen molar-refractivity contribution in [3.8, 4) is 17.3 Å². The lowest BCUT2D eigenvalue weighted by Crippen LogP contribution is -2.45. The van der Waals surface area contributed by atoms with Gasteiger partial charge < -0.3 is 5.32 Å². The fourth-order valence-corrected chi connectivity index (χ4v) is 5.44. The molecular weight excluding hydrogens is 535 g/mol. The van der Waals surface area contributed by atoms with Crippen LogP contribution in [-0.2, 0) is 27.5 Å². The summed E-state index contributed by atoms with van der Waals surface area (Å²) in [5.74, 6) is -2.85. The van der Waals surface area contributed by atoms with Crippen LogP contribution in [0.4, 0.5) is 22.0 Å². The van der Waals surface area contributed by atoms with Gasteiger partial charge in [0.05, 0.1) is 16.2 Å². The zero-order valence-corrected chi connectivity index (χ0v) is 20.0. The molecule has 0 saturated carbocycles. The van der Waals surface area contributed by atoms with Crippen molar-refractivity contribution < 1.29 is 35.2 Å². The first kappa shape index (κ1) is 27.0. The minimum atomic E-state index is -4.73. The number of carbonyl (C=O) groups is 1. The molecule has 2 aromatic heterocycles. The molecule has 1 saturated heterocycles. The van der Waals surface area contributed by atoms with E-state index < -0.39 is 58.9 Å². The molecule has 3 aromatic rings. The molecule has 1 amide bonds. The topological polar surface area (TPSA) is 129 Å². The Morgan fingerprint density at radius 3 is 2.39 bits per heavy atom. The third-order valence-electron chi connectivity index (χ3n) is 5.69. The van der Waals surface area contributed by atoms with Crippen LogP contribution in [0.5, 0.6) is 0 Å². The van der Waals surface area contributed by atoms with E-state index in [-0.39, 0.29) is 33.8 Å². The fourth-order valence-electron chi connectivity index (χ4n) is 3.81. The maximum atomic E-state index is 14.2. The number of nitrogens with one attached hydrogen (secondary N) is 1. The lowest BCUT2D eigenvalue weighted by Gasteiger charge is -2.23. The summed E-state index contributed by atoms with van der Waals surface area (Å²) < 4.78 is 92.3. The molecule has 0 radical (unpaired) electrons.